The molecule has 0 spiro atoms. The van der Waals surface area contributed by atoms with Crippen LogP contribution in [0.1, 0.15) is 78.1 Å². The van der Waals surface area contributed by atoms with Crippen molar-refractivity contribution in [3.05, 3.63) is 12.2 Å². The van der Waals surface area contributed by atoms with Crippen molar-refractivity contribution in [3.8, 4) is 0 Å². The molecule has 1 rings (SSSR count). The van der Waals surface area contributed by atoms with E-state index in [2.05, 4.69) is 6.92 Å². The Morgan fingerprint density at radius 2 is 1.29 bits per heavy atom. The topological polar surface area (TPSA) is 52.6 Å². The first-order valence-corrected chi connectivity index (χ1v) is 9.69. The van der Waals surface area contributed by atoms with Crippen LogP contribution in [-0.2, 0) is 19.1 Å². The lowest BCUT2D eigenvalue weighted by Gasteiger charge is -2.25. The Labute approximate surface area is 147 Å². The van der Waals surface area contributed by atoms with Crippen LogP contribution in [0.25, 0.3) is 0 Å². The summed E-state index contributed by atoms with van der Waals surface area (Å²) in [5.41, 5.74) is 0. The quantitative estimate of drug-likeness (QED) is 0.291. The third kappa shape index (κ3) is 7.98. The zero-order valence-corrected chi connectivity index (χ0v) is 15.4. The van der Waals surface area contributed by atoms with Crippen molar-refractivity contribution in [2.24, 2.45) is 11.8 Å². The second-order valence-corrected chi connectivity index (χ2v) is 6.55. The maximum absolute atomic E-state index is 12.3. The van der Waals surface area contributed by atoms with Gasteiger partial charge in [-0.3, -0.25) is 9.59 Å². The molecule has 0 saturated carbocycles. The number of rotatable bonds is 12. The molecule has 0 aromatic heterocycles. The van der Waals surface area contributed by atoms with E-state index >= 15 is 0 Å². The standard InChI is InChI=1S/C20H34O4/c1-3-5-6-7-8-9-10-13-16-24-20(22)18-15-12-11-14-17(18)19(21)23-4-2/h11-12,17-18H,3-10,13-16H2,1-2H3. The Morgan fingerprint density at radius 3 is 1.83 bits per heavy atom. The summed E-state index contributed by atoms with van der Waals surface area (Å²) in [6.45, 7) is 4.82. The van der Waals surface area contributed by atoms with Gasteiger partial charge in [-0.25, -0.2) is 0 Å². The third-order valence-electron chi connectivity index (χ3n) is 4.57. The minimum absolute atomic E-state index is 0.250. The molecule has 0 bridgehead atoms. The zero-order chi connectivity index (χ0) is 17.6. The summed E-state index contributed by atoms with van der Waals surface area (Å²) in [6.07, 6.45) is 14.8. The number of carbonyl (C=O) groups excluding carboxylic acids is 2. The Bertz CT molecular complexity index is 389. The van der Waals surface area contributed by atoms with Crippen molar-refractivity contribution in [2.45, 2.75) is 78.1 Å². The van der Waals surface area contributed by atoms with Crippen molar-refractivity contribution >= 4 is 11.9 Å². The van der Waals surface area contributed by atoms with Gasteiger partial charge in [0.2, 0.25) is 0 Å². The van der Waals surface area contributed by atoms with Crippen LogP contribution in [0.15, 0.2) is 12.2 Å². The van der Waals surface area contributed by atoms with Crippen molar-refractivity contribution in [1.29, 1.82) is 0 Å². The number of carbonyl (C=O) groups is 2. The number of esters is 2. The number of hydrogen-bond acceptors (Lipinski definition) is 4. The van der Waals surface area contributed by atoms with Crippen molar-refractivity contribution in [3.63, 3.8) is 0 Å². The number of unbranched alkanes of at least 4 members (excludes halogenated alkanes) is 7. The fourth-order valence-electron chi connectivity index (χ4n) is 3.10. The predicted octanol–water partition coefficient (Wildman–Crippen LogP) is 4.82. The molecule has 138 valence electrons. The van der Waals surface area contributed by atoms with E-state index in [0.29, 0.717) is 26.1 Å². The van der Waals surface area contributed by atoms with Crippen molar-refractivity contribution in [2.75, 3.05) is 13.2 Å². The first kappa shape index (κ1) is 20.7. The van der Waals surface area contributed by atoms with E-state index in [9.17, 15) is 9.59 Å². The maximum Gasteiger partial charge on any atom is 0.310 e. The maximum atomic E-state index is 12.3. The van der Waals surface area contributed by atoms with Crippen molar-refractivity contribution < 1.29 is 19.1 Å². The van der Waals surface area contributed by atoms with Crippen LogP contribution in [0.2, 0.25) is 0 Å². The lowest BCUT2D eigenvalue weighted by Crippen LogP contribution is -2.33. The molecule has 1 aliphatic carbocycles. The zero-order valence-electron chi connectivity index (χ0n) is 15.4. The largest absolute Gasteiger partial charge is 0.466 e. The molecule has 0 aliphatic heterocycles. The highest BCUT2D eigenvalue weighted by Gasteiger charge is 2.36. The van der Waals surface area contributed by atoms with Gasteiger partial charge < -0.3 is 9.47 Å². The molecule has 0 aromatic rings. The summed E-state index contributed by atoms with van der Waals surface area (Å²) in [6, 6.07) is 0. The SMILES string of the molecule is CCCCCCCCCCOC(=O)C1CC=CCC1C(=O)OCC. The second kappa shape index (κ2) is 13.0. The van der Waals surface area contributed by atoms with Crippen LogP contribution in [-0.4, -0.2) is 25.2 Å². The highest BCUT2D eigenvalue weighted by atomic mass is 16.5. The lowest BCUT2D eigenvalue weighted by atomic mass is 9.83. The molecule has 0 aromatic carbocycles. The molecule has 0 heterocycles. The predicted molar refractivity (Wildman–Crippen MR) is 95.6 cm³/mol. The van der Waals surface area contributed by atoms with E-state index in [4.69, 9.17) is 9.47 Å². The molecule has 1 aliphatic rings. The van der Waals surface area contributed by atoms with Gasteiger partial charge in [0, 0.05) is 0 Å². The smallest absolute Gasteiger partial charge is 0.310 e. The van der Waals surface area contributed by atoms with Gasteiger partial charge in [0.1, 0.15) is 0 Å². The molecule has 2 unspecified atom stereocenters. The first-order valence-electron chi connectivity index (χ1n) is 9.69. The van der Waals surface area contributed by atoms with E-state index in [1.165, 1.54) is 38.5 Å². The molecule has 0 amide bonds. The molecule has 0 N–H and O–H groups in total. The fraction of sp³-hybridized carbons (Fsp3) is 0.800. The Kier molecular flexibility index (Phi) is 11.2. The highest BCUT2D eigenvalue weighted by Crippen LogP contribution is 2.28. The van der Waals surface area contributed by atoms with Gasteiger partial charge in [0.25, 0.3) is 0 Å². The monoisotopic (exact) mass is 338 g/mol. The average Bonchev–Trinajstić information content (AvgIpc) is 2.60. The highest BCUT2D eigenvalue weighted by molar-refractivity contribution is 5.82. The molecule has 4 heteroatoms. The average molecular weight is 338 g/mol. The summed E-state index contributed by atoms with van der Waals surface area (Å²) in [5.74, 6) is -1.31. The molecule has 24 heavy (non-hydrogen) atoms. The molecule has 0 saturated heterocycles. The van der Waals surface area contributed by atoms with Gasteiger partial charge in [-0.2, -0.15) is 0 Å². The second-order valence-electron chi connectivity index (χ2n) is 6.55. The van der Waals surface area contributed by atoms with Gasteiger partial charge in [0.15, 0.2) is 0 Å². The Morgan fingerprint density at radius 1 is 0.792 bits per heavy atom. The van der Waals surface area contributed by atoms with Crippen LogP contribution >= 0.6 is 0 Å². The number of ether oxygens (including phenoxy) is 2. The van der Waals surface area contributed by atoms with Crippen LogP contribution < -0.4 is 0 Å². The Hall–Kier alpha value is -1.32. The van der Waals surface area contributed by atoms with E-state index in [1.54, 1.807) is 6.92 Å². The van der Waals surface area contributed by atoms with Crippen LogP contribution in [0.3, 0.4) is 0 Å². The number of allylic oxidation sites excluding steroid dienone is 2. The van der Waals surface area contributed by atoms with Gasteiger partial charge in [-0.15, -0.1) is 0 Å². The molecule has 0 radical (unpaired) electrons. The summed E-state index contributed by atoms with van der Waals surface area (Å²) in [5, 5.41) is 0. The Balaban J connectivity index is 2.19. The molecule has 0 fully saturated rings. The fourth-order valence-corrected chi connectivity index (χ4v) is 3.10. The van der Waals surface area contributed by atoms with E-state index in [-0.39, 0.29) is 23.8 Å². The lowest BCUT2D eigenvalue weighted by molar-refractivity contribution is -0.160. The van der Waals surface area contributed by atoms with E-state index in [1.807, 2.05) is 12.2 Å². The van der Waals surface area contributed by atoms with Crippen molar-refractivity contribution in [1.82, 2.24) is 0 Å². The minimum atomic E-state index is -0.388. The normalized spacial score (nSPS) is 19.9. The molecule has 2 atom stereocenters. The molecule has 4 nitrogen and oxygen atoms in total. The van der Waals surface area contributed by atoms with Gasteiger partial charge in [0.05, 0.1) is 25.0 Å². The van der Waals surface area contributed by atoms with E-state index in [0.717, 1.165) is 12.8 Å². The summed E-state index contributed by atoms with van der Waals surface area (Å²) < 4.78 is 10.5. The van der Waals surface area contributed by atoms with Crippen LogP contribution in [0.5, 0.6) is 0 Å². The third-order valence-corrected chi connectivity index (χ3v) is 4.57. The molecular weight excluding hydrogens is 304 g/mol. The summed E-state index contributed by atoms with van der Waals surface area (Å²) >= 11 is 0. The summed E-state index contributed by atoms with van der Waals surface area (Å²) in [7, 11) is 0. The van der Waals surface area contributed by atoms with Gasteiger partial charge >= 0.3 is 11.9 Å². The van der Waals surface area contributed by atoms with E-state index < -0.39 is 0 Å². The molecular formula is C20H34O4. The van der Waals surface area contributed by atoms with Crippen LogP contribution in [0, 0.1) is 11.8 Å². The summed E-state index contributed by atoms with van der Waals surface area (Å²) in [4.78, 5) is 24.2. The van der Waals surface area contributed by atoms with Gasteiger partial charge in [-0.05, 0) is 26.2 Å². The van der Waals surface area contributed by atoms with Gasteiger partial charge in [-0.1, -0.05) is 64.0 Å². The first-order chi connectivity index (χ1) is 11.7. The number of hydrogen-bond donors (Lipinski definition) is 0. The minimum Gasteiger partial charge on any atom is -0.466 e. The van der Waals surface area contributed by atoms with Crippen LogP contribution in [0.4, 0.5) is 0 Å².